The van der Waals surface area contributed by atoms with Crippen molar-refractivity contribution < 1.29 is 5.11 Å². The van der Waals surface area contributed by atoms with Crippen molar-refractivity contribution in [3.05, 3.63) is 28.0 Å². The van der Waals surface area contributed by atoms with E-state index in [-0.39, 0.29) is 0 Å². The van der Waals surface area contributed by atoms with Gasteiger partial charge in [0.05, 0.1) is 22.2 Å². The molecule has 0 fully saturated rings. The molecule has 0 aliphatic carbocycles. The molecule has 1 aromatic heterocycles. The van der Waals surface area contributed by atoms with Crippen LogP contribution in [0.2, 0.25) is 10.0 Å². The van der Waals surface area contributed by atoms with Gasteiger partial charge < -0.3 is 10.8 Å². The Kier molecular flexibility index (Phi) is 3.50. The molecule has 0 radical (unpaired) electrons. The quantitative estimate of drug-likeness (QED) is 0.799. The number of pyridine rings is 1. The molecule has 0 aliphatic rings. The first kappa shape index (κ1) is 10.7. The average molecular weight is 221 g/mol. The third-order valence-electron chi connectivity index (χ3n) is 1.74. The maximum absolute atomic E-state index is 9.26. The van der Waals surface area contributed by atoms with E-state index in [0.717, 1.165) is 0 Å². The van der Waals surface area contributed by atoms with Crippen LogP contribution < -0.4 is 5.73 Å². The second kappa shape index (κ2) is 4.24. The molecule has 3 N–H and O–H groups in total. The van der Waals surface area contributed by atoms with E-state index in [1.807, 2.05) is 0 Å². The fourth-order valence-electron chi connectivity index (χ4n) is 0.981. The van der Waals surface area contributed by atoms with Crippen LogP contribution in [0.15, 0.2) is 12.4 Å². The number of nitrogens with two attached hydrogens (primary N) is 1. The lowest BCUT2D eigenvalue weighted by atomic mass is 10.1. The zero-order chi connectivity index (χ0) is 10.0. The lowest BCUT2D eigenvalue weighted by Gasteiger charge is -2.17. The summed E-state index contributed by atoms with van der Waals surface area (Å²) in [5.74, 6) is 0. The standard InChI is InChI=1S/C8H10Cl2N2O/c1-4(13)8(11)7-5(9)2-12-3-6(7)10/h2-4,8,13H,11H2,1H3/t4?,8-/m1/s1. The van der Waals surface area contributed by atoms with Gasteiger partial charge in [0.15, 0.2) is 0 Å². The SMILES string of the molecule is CC(O)[C@@H](N)c1c(Cl)cncc1Cl. The van der Waals surface area contributed by atoms with Crippen molar-refractivity contribution >= 4 is 23.2 Å². The highest BCUT2D eigenvalue weighted by molar-refractivity contribution is 6.35. The van der Waals surface area contributed by atoms with Crippen LogP contribution in [0, 0.1) is 0 Å². The first-order chi connectivity index (χ1) is 6.04. The summed E-state index contributed by atoms with van der Waals surface area (Å²) in [7, 11) is 0. The number of halogens is 2. The average Bonchev–Trinajstić information content (AvgIpc) is 2.03. The number of aliphatic hydroxyl groups is 1. The summed E-state index contributed by atoms with van der Waals surface area (Å²) in [4.78, 5) is 3.79. The second-order valence-electron chi connectivity index (χ2n) is 2.78. The molecular weight excluding hydrogens is 211 g/mol. The van der Waals surface area contributed by atoms with Gasteiger partial charge in [0, 0.05) is 18.0 Å². The van der Waals surface area contributed by atoms with E-state index in [2.05, 4.69) is 4.98 Å². The Morgan fingerprint density at radius 1 is 1.38 bits per heavy atom. The Morgan fingerprint density at radius 3 is 2.23 bits per heavy atom. The van der Waals surface area contributed by atoms with Crippen LogP contribution in [0.1, 0.15) is 18.5 Å². The van der Waals surface area contributed by atoms with Crippen molar-refractivity contribution in [3.8, 4) is 0 Å². The van der Waals surface area contributed by atoms with E-state index < -0.39 is 12.1 Å². The normalized spacial score (nSPS) is 15.5. The van der Waals surface area contributed by atoms with Gasteiger partial charge in [0.2, 0.25) is 0 Å². The van der Waals surface area contributed by atoms with E-state index in [9.17, 15) is 5.11 Å². The van der Waals surface area contributed by atoms with Gasteiger partial charge in [0.1, 0.15) is 0 Å². The smallest absolute Gasteiger partial charge is 0.0705 e. The minimum absolute atomic E-state index is 0.376. The Morgan fingerprint density at radius 2 is 1.85 bits per heavy atom. The van der Waals surface area contributed by atoms with Crippen LogP contribution in [-0.4, -0.2) is 16.2 Å². The first-order valence-electron chi connectivity index (χ1n) is 3.76. The van der Waals surface area contributed by atoms with Crippen LogP contribution in [0.5, 0.6) is 0 Å². The Hall–Kier alpha value is -0.350. The Labute approximate surface area is 86.5 Å². The lowest BCUT2D eigenvalue weighted by Crippen LogP contribution is -2.23. The van der Waals surface area contributed by atoms with Crippen molar-refractivity contribution in [2.24, 2.45) is 5.73 Å². The lowest BCUT2D eigenvalue weighted by molar-refractivity contribution is 0.164. The predicted molar refractivity (Wildman–Crippen MR) is 52.9 cm³/mol. The van der Waals surface area contributed by atoms with E-state index in [1.54, 1.807) is 6.92 Å². The molecule has 72 valence electrons. The molecule has 0 amide bonds. The molecule has 1 unspecified atom stereocenters. The number of rotatable bonds is 2. The summed E-state index contributed by atoms with van der Waals surface area (Å²) in [5.41, 5.74) is 6.23. The summed E-state index contributed by atoms with van der Waals surface area (Å²) in [5, 5.41) is 10.0. The number of nitrogens with zero attached hydrogens (tertiary/aromatic N) is 1. The van der Waals surface area contributed by atoms with E-state index in [4.69, 9.17) is 28.9 Å². The van der Waals surface area contributed by atoms with Crippen molar-refractivity contribution in [3.63, 3.8) is 0 Å². The zero-order valence-electron chi connectivity index (χ0n) is 7.04. The highest BCUT2D eigenvalue weighted by Crippen LogP contribution is 2.29. The monoisotopic (exact) mass is 220 g/mol. The topological polar surface area (TPSA) is 59.1 Å². The van der Waals surface area contributed by atoms with Gasteiger partial charge in [-0.1, -0.05) is 23.2 Å². The molecule has 5 heteroatoms. The maximum atomic E-state index is 9.26. The molecule has 3 nitrogen and oxygen atoms in total. The molecule has 0 saturated heterocycles. The Balaban J connectivity index is 3.12. The summed E-state index contributed by atoms with van der Waals surface area (Å²) < 4.78 is 0. The fourth-order valence-corrected chi connectivity index (χ4v) is 1.60. The molecule has 13 heavy (non-hydrogen) atoms. The predicted octanol–water partition coefficient (Wildman–Crippen LogP) is 1.77. The van der Waals surface area contributed by atoms with Gasteiger partial charge in [-0.25, -0.2) is 0 Å². The number of hydrogen-bond donors (Lipinski definition) is 2. The molecule has 1 aromatic rings. The fraction of sp³-hybridized carbons (Fsp3) is 0.375. The van der Waals surface area contributed by atoms with E-state index in [1.165, 1.54) is 12.4 Å². The highest BCUT2D eigenvalue weighted by Gasteiger charge is 2.18. The molecule has 0 aromatic carbocycles. The van der Waals surface area contributed by atoms with Gasteiger partial charge >= 0.3 is 0 Å². The van der Waals surface area contributed by atoms with Gasteiger partial charge in [-0.05, 0) is 6.92 Å². The van der Waals surface area contributed by atoms with Crippen LogP contribution in [0.3, 0.4) is 0 Å². The largest absolute Gasteiger partial charge is 0.391 e. The molecule has 0 aliphatic heterocycles. The van der Waals surface area contributed by atoms with Crippen LogP contribution in [0.4, 0.5) is 0 Å². The molecule has 0 spiro atoms. The van der Waals surface area contributed by atoms with Crippen molar-refractivity contribution in [1.29, 1.82) is 0 Å². The van der Waals surface area contributed by atoms with Gasteiger partial charge in [0.25, 0.3) is 0 Å². The molecule has 2 atom stereocenters. The molecule has 1 heterocycles. The van der Waals surface area contributed by atoms with Crippen molar-refractivity contribution in [1.82, 2.24) is 4.98 Å². The van der Waals surface area contributed by atoms with Crippen LogP contribution >= 0.6 is 23.2 Å². The van der Waals surface area contributed by atoms with Crippen molar-refractivity contribution in [2.75, 3.05) is 0 Å². The molecule has 0 bridgehead atoms. The first-order valence-corrected chi connectivity index (χ1v) is 4.52. The van der Waals surface area contributed by atoms with Crippen molar-refractivity contribution in [2.45, 2.75) is 19.1 Å². The number of aliphatic hydroxyl groups excluding tert-OH is 1. The summed E-state index contributed by atoms with van der Waals surface area (Å²) in [6, 6.07) is -0.581. The second-order valence-corrected chi connectivity index (χ2v) is 3.60. The van der Waals surface area contributed by atoms with E-state index in [0.29, 0.717) is 15.6 Å². The number of aromatic nitrogens is 1. The van der Waals surface area contributed by atoms with Crippen LogP contribution in [0.25, 0.3) is 0 Å². The highest BCUT2D eigenvalue weighted by atomic mass is 35.5. The van der Waals surface area contributed by atoms with Gasteiger partial charge in [-0.2, -0.15) is 0 Å². The molecular formula is C8H10Cl2N2O. The maximum Gasteiger partial charge on any atom is 0.0705 e. The summed E-state index contributed by atoms with van der Waals surface area (Å²) in [6.07, 6.45) is 2.20. The third kappa shape index (κ3) is 2.31. The van der Waals surface area contributed by atoms with E-state index >= 15 is 0 Å². The summed E-state index contributed by atoms with van der Waals surface area (Å²) >= 11 is 11.7. The molecule has 0 saturated carbocycles. The summed E-state index contributed by atoms with van der Waals surface area (Å²) in [6.45, 7) is 1.58. The van der Waals surface area contributed by atoms with Gasteiger partial charge in [-0.3, -0.25) is 4.98 Å². The number of hydrogen-bond acceptors (Lipinski definition) is 3. The minimum Gasteiger partial charge on any atom is -0.391 e. The van der Waals surface area contributed by atoms with Gasteiger partial charge in [-0.15, -0.1) is 0 Å². The zero-order valence-corrected chi connectivity index (χ0v) is 8.55. The molecule has 1 rings (SSSR count). The third-order valence-corrected chi connectivity index (χ3v) is 2.35. The van der Waals surface area contributed by atoms with Crippen LogP contribution in [-0.2, 0) is 0 Å². The Bertz CT molecular complexity index is 284. The minimum atomic E-state index is -0.697.